The van der Waals surface area contributed by atoms with E-state index in [0.29, 0.717) is 39.7 Å². The van der Waals surface area contributed by atoms with Gasteiger partial charge in [0, 0.05) is 21.0 Å². The predicted octanol–water partition coefficient (Wildman–Crippen LogP) is 7.94. The Morgan fingerprint density at radius 2 is 1.86 bits per heavy atom. The Bertz CT molecular complexity index is 1690. The van der Waals surface area contributed by atoms with Crippen molar-refractivity contribution in [3.8, 4) is 5.75 Å². The quantitative estimate of drug-likeness (QED) is 0.185. The first-order chi connectivity index (χ1) is 17.9. The summed E-state index contributed by atoms with van der Waals surface area (Å²) in [6.45, 7) is 4.48. The molecule has 0 spiro atoms. The second-order valence-corrected chi connectivity index (χ2v) is 10.3. The lowest BCUT2D eigenvalue weighted by molar-refractivity contribution is 0.307. The van der Waals surface area contributed by atoms with Crippen LogP contribution in [-0.4, -0.2) is 15.9 Å². The maximum Gasteiger partial charge on any atom is 0.282 e. The monoisotopic (exact) mass is 573 g/mol. The van der Waals surface area contributed by atoms with Crippen LogP contribution in [0.25, 0.3) is 21.7 Å². The smallest absolute Gasteiger partial charge is 0.282 e. The van der Waals surface area contributed by atoms with Crippen LogP contribution in [-0.2, 0) is 6.61 Å². The Kier molecular flexibility index (Phi) is 7.40. The highest BCUT2D eigenvalue weighted by Gasteiger charge is 2.16. The molecule has 1 aromatic heterocycles. The van der Waals surface area contributed by atoms with E-state index in [2.05, 4.69) is 52.2 Å². The van der Waals surface area contributed by atoms with Crippen molar-refractivity contribution in [2.24, 2.45) is 5.10 Å². The molecule has 7 heteroatoms. The molecule has 0 saturated heterocycles. The van der Waals surface area contributed by atoms with E-state index in [-0.39, 0.29) is 11.5 Å². The van der Waals surface area contributed by atoms with Gasteiger partial charge < -0.3 is 4.74 Å². The van der Waals surface area contributed by atoms with Crippen LogP contribution in [0, 0.1) is 0 Å². The third-order valence-electron chi connectivity index (χ3n) is 6.43. The van der Waals surface area contributed by atoms with E-state index in [9.17, 15) is 4.79 Å². The summed E-state index contributed by atoms with van der Waals surface area (Å²) in [6.07, 6.45) is 2.43. The average molecular weight is 575 g/mol. The number of ether oxygens (including phenoxy) is 1. The van der Waals surface area contributed by atoms with Crippen molar-refractivity contribution in [2.45, 2.75) is 32.8 Å². The first-order valence-corrected chi connectivity index (χ1v) is 13.3. The van der Waals surface area contributed by atoms with E-state index >= 15 is 0 Å². The summed E-state index contributed by atoms with van der Waals surface area (Å²) in [7, 11) is 0. The standard InChI is InChI=1S/C30H25BrClN3O2/c1-3-19(2)29-34-27-13-11-23(31)16-26(27)30(36)35(29)33-17-22-15-24(32)12-14-28(22)37-18-21-9-6-8-20-7-4-5-10-25(20)21/h4-17,19H,3,18H2,1-2H3/t19-/m1/s1. The maximum absolute atomic E-state index is 13.5. The van der Waals surface area contributed by atoms with Gasteiger partial charge in [-0.25, -0.2) is 4.98 Å². The molecule has 0 aliphatic rings. The molecule has 5 aromatic rings. The fraction of sp³-hybridized carbons (Fsp3) is 0.167. The molecule has 0 unspecified atom stereocenters. The van der Waals surface area contributed by atoms with Gasteiger partial charge in [-0.15, -0.1) is 0 Å². The molecule has 0 aliphatic heterocycles. The summed E-state index contributed by atoms with van der Waals surface area (Å²) in [4.78, 5) is 18.2. The molecule has 1 heterocycles. The number of halogens is 2. The van der Waals surface area contributed by atoms with Crippen LogP contribution in [0.4, 0.5) is 0 Å². The highest BCUT2D eigenvalue weighted by Crippen LogP contribution is 2.26. The van der Waals surface area contributed by atoms with Crippen molar-refractivity contribution in [2.75, 3.05) is 0 Å². The normalized spacial score (nSPS) is 12.4. The second-order valence-electron chi connectivity index (χ2n) is 8.91. The molecule has 0 amide bonds. The molecule has 4 aromatic carbocycles. The first-order valence-electron chi connectivity index (χ1n) is 12.1. The minimum Gasteiger partial charge on any atom is -0.488 e. The molecule has 0 radical (unpaired) electrons. The van der Waals surface area contributed by atoms with Gasteiger partial charge in [-0.3, -0.25) is 4.79 Å². The van der Waals surface area contributed by atoms with Crippen LogP contribution in [0.1, 0.15) is 43.1 Å². The Morgan fingerprint density at radius 3 is 2.70 bits per heavy atom. The van der Waals surface area contributed by atoms with E-state index in [1.165, 1.54) is 4.68 Å². The molecule has 5 rings (SSSR count). The molecule has 0 fully saturated rings. The van der Waals surface area contributed by atoms with Crippen LogP contribution in [0.3, 0.4) is 0 Å². The second kappa shape index (κ2) is 10.9. The van der Waals surface area contributed by atoms with Crippen molar-refractivity contribution in [1.29, 1.82) is 0 Å². The van der Waals surface area contributed by atoms with Crippen molar-refractivity contribution in [1.82, 2.24) is 9.66 Å². The van der Waals surface area contributed by atoms with Crippen LogP contribution in [0.2, 0.25) is 5.02 Å². The Labute approximate surface area is 228 Å². The lowest BCUT2D eigenvalue weighted by Crippen LogP contribution is -2.23. The van der Waals surface area contributed by atoms with E-state index in [1.807, 2.05) is 43.3 Å². The van der Waals surface area contributed by atoms with Gasteiger partial charge in [0.05, 0.1) is 17.1 Å². The molecule has 0 N–H and O–H groups in total. The lowest BCUT2D eigenvalue weighted by Gasteiger charge is -2.14. The zero-order valence-corrected chi connectivity index (χ0v) is 22.8. The fourth-order valence-corrected chi connectivity index (χ4v) is 4.77. The summed E-state index contributed by atoms with van der Waals surface area (Å²) < 4.78 is 8.43. The van der Waals surface area contributed by atoms with Crippen molar-refractivity contribution < 1.29 is 4.74 Å². The summed E-state index contributed by atoms with van der Waals surface area (Å²) in [5.41, 5.74) is 2.18. The van der Waals surface area contributed by atoms with E-state index < -0.39 is 0 Å². The fourth-order valence-electron chi connectivity index (χ4n) is 4.22. The van der Waals surface area contributed by atoms with Crippen molar-refractivity contribution in [3.05, 3.63) is 116 Å². The van der Waals surface area contributed by atoms with E-state index in [1.54, 1.807) is 24.4 Å². The minimum atomic E-state index is -0.224. The Morgan fingerprint density at radius 1 is 1.05 bits per heavy atom. The van der Waals surface area contributed by atoms with Gasteiger partial charge >= 0.3 is 0 Å². The molecule has 5 nitrogen and oxygen atoms in total. The SMILES string of the molecule is CC[C@@H](C)c1nc2ccc(Br)cc2c(=O)n1N=Cc1cc(Cl)ccc1OCc1cccc2ccccc12. The van der Waals surface area contributed by atoms with Gasteiger partial charge in [-0.2, -0.15) is 9.78 Å². The Hall–Kier alpha value is -3.48. The van der Waals surface area contributed by atoms with E-state index in [0.717, 1.165) is 27.2 Å². The van der Waals surface area contributed by atoms with Gasteiger partial charge in [0.2, 0.25) is 0 Å². The first kappa shape index (κ1) is 25.2. The van der Waals surface area contributed by atoms with Crippen molar-refractivity contribution in [3.63, 3.8) is 0 Å². The summed E-state index contributed by atoms with van der Waals surface area (Å²) in [5, 5.41) is 7.95. The van der Waals surface area contributed by atoms with Crippen LogP contribution < -0.4 is 10.3 Å². The third kappa shape index (κ3) is 5.31. The summed E-state index contributed by atoms with van der Waals surface area (Å²) in [6, 6.07) is 25.3. The topological polar surface area (TPSA) is 56.5 Å². The molecule has 1 atom stereocenters. The number of fused-ring (bicyclic) bond motifs is 2. The molecule has 37 heavy (non-hydrogen) atoms. The molecule has 0 saturated carbocycles. The van der Waals surface area contributed by atoms with Crippen LogP contribution in [0.5, 0.6) is 5.75 Å². The molecule has 0 aliphatic carbocycles. The van der Waals surface area contributed by atoms with Gasteiger partial charge in [0.25, 0.3) is 5.56 Å². The van der Waals surface area contributed by atoms with Gasteiger partial charge in [-0.1, -0.05) is 83.8 Å². The van der Waals surface area contributed by atoms with Gasteiger partial charge in [0.1, 0.15) is 18.2 Å². The number of aromatic nitrogens is 2. The number of nitrogens with zero attached hydrogens (tertiary/aromatic N) is 3. The third-order valence-corrected chi connectivity index (χ3v) is 7.16. The summed E-state index contributed by atoms with van der Waals surface area (Å²) in [5.74, 6) is 1.27. The largest absolute Gasteiger partial charge is 0.488 e. The molecular formula is C30H25BrClN3O2. The number of hydrogen-bond acceptors (Lipinski definition) is 4. The molecular weight excluding hydrogens is 550 g/mol. The highest BCUT2D eigenvalue weighted by molar-refractivity contribution is 9.10. The highest BCUT2D eigenvalue weighted by atomic mass is 79.9. The number of hydrogen-bond donors (Lipinski definition) is 0. The number of rotatable bonds is 7. The predicted molar refractivity (Wildman–Crippen MR) is 155 cm³/mol. The van der Waals surface area contributed by atoms with Crippen LogP contribution >= 0.6 is 27.5 Å². The van der Waals surface area contributed by atoms with E-state index in [4.69, 9.17) is 21.3 Å². The van der Waals surface area contributed by atoms with Crippen LogP contribution in [0.15, 0.2) is 93.2 Å². The zero-order chi connectivity index (χ0) is 25.9. The maximum atomic E-state index is 13.5. The zero-order valence-electron chi connectivity index (χ0n) is 20.5. The molecule has 0 bridgehead atoms. The number of benzene rings is 4. The van der Waals surface area contributed by atoms with Gasteiger partial charge in [-0.05, 0) is 59.2 Å². The minimum absolute atomic E-state index is 0.0411. The average Bonchev–Trinajstić information content (AvgIpc) is 2.91. The lowest BCUT2D eigenvalue weighted by atomic mass is 10.1. The van der Waals surface area contributed by atoms with Crippen molar-refractivity contribution >= 4 is 55.4 Å². The van der Waals surface area contributed by atoms with Gasteiger partial charge in [0.15, 0.2) is 0 Å². The Balaban J connectivity index is 1.53. The molecule has 186 valence electrons. The summed E-state index contributed by atoms with van der Waals surface area (Å²) >= 11 is 9.77.